The third-order valence-corrected chi connectivity index (χ3v) is 5.52. The fourth-order valence-electron chi connectivity index (χ4n) is 3.43. The summed E-state index contributed by atoms with van der Waals surface area (Å²) in [7, 11) is 1.47. The molecule has 0 bridgehead atoms. The zero-order chi connectivity index (χ0) is 24.2. The molecular formula is C26H19BrO7. The maximum absolute atomic E-state index is 13.5. The standard InChI is InChI=1S/C26H19BrO7/c1-3-32-26(30)24-22(18-6-4-5-7-20(18)31-2)23(28)19-13-12-17(14-21(19)34-24)33-25(29)15-8-10-16(27)11-9-15/h4-14H,3H2,1-2H3. The normalized spacial score (nSPS) is 10.7. The number of hydrogen-bond donors (Lipinski definition) is 0. The van der Waals surface area contributed by atoms with E-state index < -0.39 is 17.4 Å². The van der Waals surface area contributed by atoms with Gasteiger partial charge in [-0.2, -0.15) is 0 Å². The number of ether oxygens (including phenoxy) is 3. The van der Waals surface area contributed by atoms with Crippen molar-refractivity contribution in [2.45, 2.75) is 6.92 Å². The van der Waals surface area contributed by atoms with E-state index >= 15 is 0 Å². The molecule has 1 aromatic heterocycles. The minimum Gasteiger partial charge on any atom is -0.496 e. The second kappa shape index (κ2) is 9.93. The SMILES string of the molecule is CCOC(=O)c1oc2cc(OC(=O)c3ccc(Br)cc3)ccc2c(=O)c1-c1ccccc1OC. The minimum absolute atomic E-state index is 0.0306. The number of hydrogen-bond acceptors (Lipinski definition) is 7. The first-order valence-corrected chi connectivity index (χ1v) is 11.1. The van der Waals surface area contributed by atoms with Crippen LogP contribution in [0.1, 0.15) is 27.8 Å². The molecule has 4 aromatic rings. The van der Waals surface area contributed by atoms with Crippen LogP contribution in [0.4, 0.5) is 0 Å². The molecule has 0 aliphatic rings. The third-order valence-electron chi connectivity index (χ3n) is 4.99. The summed E-state index contributed by atoms with van der Waals surface area (Å²) in [6, 6.07) is 17.9. The molecule has 0 radical (unpaired) electrons. The summed E-state index contributed by atoms with van der Waals surface area (Å²) in [4.78, 5) is 38.7. The highest BCUT2D eigenvalue weighted by atomic mass is 79.9. The predicted molar refractivity (Wildman–Crippen MR) is 130 cm³/mol. The second-order valence-electron chi connectivity index (χ2n) is 7.11. The zero-order valence-corrected chi connectivity index (χ0v) is 19.9. The maximum Gasteiger partial charge on any atom is 0.375 e. The Balaban J connectivity index is 1.83. The molecule has 0 aliphatic heterocycles. The van der Waals surface area contributed by atoms with Crippen LogP contribution in [-0.4, -0.2) is 25.7 Å². The van der Waals surface area contributed by atoms with Crippen molar-refractivity contribution in [2.75, 3.05) is 13.7 Å². The van der Waals surface area contributed by atoms with Gasteiger partial charge in [-0.05, 0) is 49.4 Å². The van der Waals surface area contributed by atoms with Gasteiger partial charge in [0.1, 0.15) is 17.1 Å². The van der Waals surface area contributed by atoms with Crippen molar-refractivity contribution in [3.05, 3.63) is 92.7 Å². The van der Waals surface area contributed by atoms with E-state index in [1.165, 1.54) is 25.3 Å². The largest absolute Gasteiger partial charge is 0.496 e. The molecular weight excluding hydrogens is 504 g/mol. The van der Waals surface area contributed by atoms with E-state index in [9.17, 15) is 14.4 Å². The van der Waals surface area contributed by atoms with Gasteiger partial charge in [0.2, 0.25) is 11.2 Å². The molecule has 34 heavy (non-hydrogen) atoms. The summed E-state index contributed by atoms with van der Waals surface area (Å²) in [6.45, 7) is 1.75. The van der Waals surface area contributed by atoms with E-state index in [0.29, 0.717) is 16.9 Å². The van der Waals surface area contributed by atoms with Crippen molar-refractivity contribution in [3.63, 3.8) is 0 Å². The lowest BCUT2D eigenvalue weighted by Gasteiger charge is -2.13. The van der Waals surface area contributed by atoms with Gasteiger partial charge in [0.25, 0.3) is 0 Å². The number of fused-ring (bicyclic) bond motifs is 1. The van der Waals surface area contributed by atoms with Crippen LogP contribution >= 0.6 is 15.9 Å². The van der Waals surface area contributed by atoms with E-state index in [0.717, 1.165) is 4.47 Å². The smallest absolute Gasteiger partial charge is 0.375 e. The summed E-state index contributed by atoms with van der Waals surface area (Å²) in [5.41, 5.74) is 0.410. The molecule has 172 valence electrons. The molecule has 0 saturated carbocycles. The average molecular weight is 523 g/mol. The molecule has 0 unspecified atom stereocenters. The molecule has 8 heteroatoms. The van der Waals surface area contributed by atoms with E-state index in [1.807, 2.05) is 0 Å². The Bertz CT molecular complexity index is 1440. The fraction of sp³-hybridized carbons (Fsp3) is 0.115. The molecule has 0 aliphatic carbocycles. The average Bonchev–Trinajstić information content (AvgIpc) is 2.84. The minimum atomic E-state index is -0.792. The lowest BCUT2D eigenvalue weighted by Crippen LogP contribution is -2.15. The Morgan fingerprint density at radius 3 is 2.41 bits per heavy atom. The molecule has 1 heterocycles. The van der Waals surface area contributed by atoms with E-state index in [1.54, 1.807) is 55.5 Å². The Hall–Kier alpha value is -3.91. The number of esters is 2. The van der Waals surface area contributed by atoms with Crippen LogP contribution in [0.15, 0.2) is 80.4 Å². The first kappa shape index (κ1) is 23.3. The van der Waals surface area contributed by atoms with Crippen LogP contribution in [0.25, 0.3) is 22.1 Å². The lowest BCUT2D eigenvalue weighted by molar-refractivity contribution is 0.0491. The van der Waals surface area contributed by atoms with Gasteiger partial charge in [-0.25, -0.2) is 9.59 Å². The summed E-state index contributed by atoms with van der Waals surface area (Å²) in [5.74, 6) is -1.08. The van der Waals surface area contributed by atoms with Gasteiger partial charge in [-0.15, -0.1) is 0 Å². The Labute approximate surface area is 203 Å². The molecule has 0 amide bonds. The molecule has 7 nitrogen and oxygen atoms in total. The van der Waals surface area contributed by atoms with Crippen LogP contribution in [0.2, 0.25) is 0 Å². The summed E-state index contributed by atoms with van der Waals surface area (Å²) < 4.78 is 22.6. The molecule has 3 aromatic carbocycles. The molecule has 0 N–H and O–H groups in total. The van der Waals surface area contributed by atoms with Crippen LogP contribution < -0.4 is 14.9 Å². The number of methoxy groups -OCH3 is 1. The van der Waals surface area contributed by atoms with Crippen molar-refractivity contribution in [1.82, 2.24) is 0 Å². The number of carbonyl (C=O) groups excluding carboxylic acids is 2. The predicted octanol–water partition coefficient (Wildman–Crippen LogP) is 5.63. The van der Waals surface area contributed by atoms with Gasteiger partial charge in [-0.3, -0.25) is 4.79 Å². The van der Waals surface area contributed by atoms with Crippen molar-refractivity contribution < 1.29 is 28.2 Å². The van der Waals surface area contributed by atoms with Crippen molar-refractivity contribution in [3.8, 4) is 22.6 Å². The third kappa shape index (κ3) is 4.58. The van der Waals surface area contributed by atoms with Crippen LogP contribution in [0.3, 0.4) is 0 Å². The lowest BCUT2D eigenvalue weighted by atomic mass is 10.0. The fourth-order valence-corrected chi connectivity index (χ4v) is 3.69. The first-order valence-electron chi connectivity index (χ1n) is 10.3. The molecule has 4 rings (SSSR count). The van der Waals surface area contributed by atoms with Crippen molar-refractivity contribution >= 4 is 38.8 Å². The molecule has 0 atom stereocenters. The Morgan fingerprint density at radius 2 is 1.71 bits per heavy atom. The van der Waals surface area contributed by atoms with Gasteiger partial charge >= 0.3 is 11.9 Å². The number of rotatable bonds is 6. The summed E-state index contributed by atoms with van der Waals surface area (Å²) >= 11 is 3.32. The monoisotopic (exact) mass is 522 g/mol. The highest BCUT2D eigenvalue weighted by Crippen LogP contribution is 2.33. The van der Waals surface area contributed by atoms with Gasteiger partial charge in [-0.1, -0.05) is 34.1 Å². The van der Waals surface area contributed by atoms with E-state index in [-0.39, 0.29) is 34.6 Å². The van der Waals surface area contributed by atoms with Gasteiger partial charge in [0.05, 0.1) is 30.2 Å². The maximum atomic E-state index is 13.5. The number of benzene rings is 3. The van der Waals surface area contributed by atoms with Crippen LogP contribution in [-0.2, 0) is 4.74 Å². The van der Waals surface area contributed by atoms with E-state index in [2.05, 4.69) is 15.9 Å². The van der Waals surface area contributed by atoms with Crippen LogP contribution in [0, 0.1) is 0 Å². The molecule has 0 fully saturated rings. The van der Waals surface area contributed by atoms with E-state index in [4.69, 9.17) is 18.6 Å². The van der Waals surface area contributed by atoms with Gasteiger partial charge in [0.15, 0.2) is 0 Å². The van der Waals surface area contributed by atoms with Gasteiger partial charge in [0, 0.05) is 16.1 Å². The number of carbonyl (C=O) groups is 2. The zero-order valence-electron chi connectivity index (χ0n) is 18.3. The van der Waals surface area contributed by atoms with Gasteiger partial charge < -0.3 is 18.6 Å². The highest BCUT2D eigenvalue weighted by Gasteiger charge is 2.25. The van der Waals surface area contributed by atoms with Crippen LogP contribution in [0.5, 0.6) is 11.5 Å². The Morgan fingerprint density at radius 1 is 0.971 bits per heavy atom. The first-order chi connectivity index (χ1) is 16.4. The number of para-hydroxylation sites is 1. The summed E-state index contributed by atoms with van der Waals surface area (Å²) in [6.07, 6.45) is 0. The topological polar surface area (TPSA) is 92.0 Å². The quantitative estimate of drug-likeness (QED) is 0.239. The second-order valence-corrected chi connectivity index (χ2v) is 8.03. The van der Waals surface area contributed by atoms with Crippen molar-refractivity contribution in [1.29, 1.82) is 0 Å². The molecule has 0 saturated heterocycles. The summed E-state index contributed by atoms with van der Waals surface area (Å²) in [5, 5.41) is 0.206. The highest BCUT2D eigenvalue weighted by molar-refractivity contribution is 9.10. The molecule has 0 spiro atoms. The Kier molecular flexibility index (Phi) is 6.79. The number of halogens is 1. The van der Waals surface area contributed by atoms with Crippen molar-refractivity contribution in [2.24, 2.45) is 0 Å².